The predicted octanol–water partition coefficient (Wildman–Crippen LogP) is 10.0. The number of hydrogen-bond donors (Lipinski definition) is 0. The van der Waals surface area contributed by atoms with E-state index in [0.29, 0.717) is 0 Å². The maximum absolute atomic E-state index is 5.94. The fourth-order valence-electron chi connectivity index (χ4n) is 5.93. The second-order valence-corrected chi connectivity index (χ2v) is 10.9. The zero-order valence-electron chi connectivity index (χ0n) is 24.8. The number of allylic oxidation sites excluding steroid dienone is 2. The molecule has 0 N–H and O–H groups in total. The Morgan fingerprint density at radius 3 is 1.82 bits per heavy atom. The van der Waals surface area contributed by atoms with Crippen LogP contribution < -0.4 is 14.8 Å². The SMILES string of the molecule is C#[N+]N(c1ccccc1)c1ccc2c3ccc(N(C)C4=CCC=C=C4)cc3n(-c3ccc(N(C)c4ccccc4)cc3)c2c1. The molecule has 1 aromatic heterocycles. The average molecular weight is 571 g/mol. The Balaban J connectivity index is 1.40. The Hall–Kier alpha value is -5.95. The van der Waals surface area contributed by atoms with Gasteiger partial charge in [-0.15, -0.1) is 5.73 Å². The zero-order chi connectivity index (χ0) is 30.0. The standard InChI is InChI=1S/C39H32N5/c1-40-44(33-17-11-6-12-18-33)35-24-26-37-36-25-23-34(42(3)30-15-9-5-10-16-30)27-38(36)43(39(37)28-35)32-21-19-31(20-22-32)41(2)29-13-7-4-8-14-29/h1,4-8,11-28H,9H2,2-3H3/q+1. The first-order chi connectivity index (χ1) is 21.6. The van der Waals surface area contributed by atoms with Gasteiger partial charge >= 0.3 is 6.57 Å². The first-order valence-electron chi connectivity index (χ1n) is 14.7. The summed E-state index contributed by atoms with van der Waals surface area (Å²) >= 11 is 0. The molecule has 212 valence electrons. The van der Waals surface area contributed by atoms with Crippen LogP contribution in [0.5, 0.6) is 0 Å². The van der Waals surface area contributed by atoms with E-state index in [1.165, 1.54) is 5.39 Å². The van der Waals surface area contributed by atoms with E-state index in [9.17, 15) is 0 Å². The minimum atomic E-state index is 0.884. The van der Waals surface area contributed by atoms with Crippen LogP contribution in [0.15, 0.2) is 151 Å². The highest BCUT2D eigenvalue weighted by Crippen LogP contribution is 2.38. The Bertz CT molecular complexity index is 2110. The van der Waals surface area contributed by atoms with Crippen LogP contribution in [-0.4, -0.2) is 18.7 Å². The fourth-order valence-corrected chi connectivity index (χ4v) is 5.93. The lowest BCUT2D eigenvalue weighted by Crippen LogP contribution is -2.15. The van der Waals surface area contributed by atoms with E-state index in [1.54, 1.807) is 5.01 Å². The van der Waals surface area contributed by atoms with Gasteiger partial charge in [-0.25, -0.2) is 0 Å². The topological polar surface area (TPSA) is 19.0 Å². The number of hydrogen-bond acceptors (Lipinski definition) is 3. The van der Waals surface area contributed by atoms with Crippen molar-refractivity contribution in [1.82, 2.24) is 4.57 Å². The molecular weight excluding hydrogens is 538 g/mol. The van der Waals surface area contributed by atoms with Crippen LogP contribution in [0.2, 0.25) is 0 Å². The summed E-state index contributed by atoms with van der Waals surface area (Å²) in [7, 11) is 4.20. The summed E-state index contributed by atoms with van der Waals surface area (Å²) in [5.41, 5.74) is 12.8. The molecule has 44 heavy (non-hydrogen) atoms. The van der Waals surface area contributed by atoms with Gasteiger partial charge in [0.1, 0.15) is 11.4 Å². The smallest absolute Gasteiger partial charge is 0.305 e. The summed E-state index contributed by atoms with van der Waals surface area (Å²) in [6.07, 6.45) is 7.18. The van der Waals surface area contributed by atoms with Crippen LogP contribution in [0.4, 0.5) is 28.4 Å². The van der Waals surface area contributed by atoms with Crippen molar-refractivity contribution in [3.8, 4) is 12.3 Å². The third-order valence-corrected chi connectivity index (χ3v) is 8.30. The average Bonchev–Trinajstić information content (AvgIpc) is 3.42. The third-order valence-electron chi connectivity index (χ3n) is 8.30. The van der Waals surface area contributed by atoms with E-state index in [-0.39, 0.29) is 0 Å². The largest absolute Gasteiger partial charge is 0.345 e. The lowest BCUT2D eigenvalue weighted by Gasteiger charge is -2.22. The summed E-state index contributed by atoms with van der Waals surface area (Å²) in [5.74, 6) is 0. The van der Waals surface area contributed by atoms with E-state index >= 15 is 0 Å². The molecule has 5 nitrogen and oxygen atoms in total. The van der Waals surface area contributed by atoms with E-state index < -0.39 is 0 Å². The van der Waals surface area contributed by atoms with E-state index in [1.807, 2.05) is 48.6 Å². The maximum atomic E-state index is 5.94. The number of anilines is 5. The van der Waals surface area contributed by atoms with Gasteiger partial charge in [0.15, 0.2) is 0 Å². The Morgan fingerprint density at radius 2 is 1.20 bits per heavy atom. The minimum Gasteiger partial charge on any atom is -0.345 e. The van der Waals surface area contributed by atoms with Crippen molar-refractivity contribution in [3.05, 3.63) is 156 Å². The molecule has 0 aliphatic heterocycles. The van der Waals surface area contributed by atoms with Crippen LogP contribution in [0.1, 0.15) is 6.42 Å². The molecule has 0 fully saturated rings. The summed E-state index contributed by atoms with van der Waals surface area (Å²) < 4.78 is 2.34. The highest BCUT2D eigenvalue weighted by molar-refractivity contribution is 6.11. The van der Waals surface area contributed by atoms with E-state index in [2.05, 4.69) is 130 Å². The first-order valence-corrected chi connectivity index (χ1v) is 14.7. The van der Waals surface area contributed by atoms with Crippen molar-refractivity contribution < 1.29 is 0 Å². The number of likely N-dealkylation sites (N-methyl/N-ethyl adjacent to an activating group) is 1. The number of aromatic nitrogens is 1. The van der Waals surface area contributed by atoms with Gasteiger partial charge in [0.25, 0.3) is 0 Å². The molecule has 5 heteroatoms. The molecule has 6 aromatic rings. The zero-order valence-corrected chi connectivity index (χ0v) is 24.8. The van der Waals surface area contributed by atoms with Gasteiger partial charge in [-0.05, 0) is 96.4 Å². The first kappa shape index (κ1) is 26.9. The number of para-hydroxylation sites is 2. The van der Waals surface area contributed by atoms with Gasteiger partial charge < -0.3 is 14.4 Å². The van der Waals surface area contributed by atoms with Crippen LogP contribution in [-0.2, 0) is 0 Å². The Kier molecular flexibility index (Phi) is 6.96. The van der Waals surface area contributed by atoms with Gasteiger partial charge in [0, 0.05) is 59.4 Å². The highest BCUT2D eigenvalue weighted by atomic mass is 15.4. The van der Waals surface area contributed by atoms with Crippen molar-refractivity contribution in [2.75, 3.05) is 28.9 Å². The molecule has 0 spiro atoms. The molecule has 5 aromatic carbocycles. The van der Waals surface area contributed by atoms with Crippen LogP contribution in [0.25, 0.3) is 32.4 Å². The van der Waals surface area contributed by atoms with Crippen LogP contribution >= 0.6 is 0 Å². The molecule has 1 aliphatic rings. The molecule has 1 aliphatic carbocycles. The van der Waals surface area contributed by atoms with Crippen molar-refractivity contribution in [2.45, 2.75) is 6.42 Å². The van der Waals surface area contributed by atoms with Crippen molar-refractivity contribution in [3.63, 3.8) is 0 Å². The minimum absolute atomic E-state index is 0.884. The van der Waals surface area contributed by atoms with Crippen molar-refractivity contribution in [2.24, 2.45) is 0 Å². The Labute approximate surface area is 257 Å². The lowest BCUT2D eigenvalue weighted by atomic mass is 10.1. The van der Waals surface area contributed by atoms with Crippen molar-refractivity contribution >= 4 is 50.2 Å². The van der Waals surface area contributed by atoms with Gasteiger partial charge in [0.2, 0.25) is 0 Å². The third kappa shape index (κ3) is 4.80. The van der Waals surface area contributed by atoms with E-state index in [0.717, 1.165) is 62.7 Å². The fraction of sp³-hybridized carbons (Fsp3) is 0.0769. The Morgan fingerprint density at radius 1 is 0.636 bits per heavy atom. The lowest BCUT2D eigenvalue weighted by molar-refractivity contribution is 1.10. The van der Waals surface area contributed by atoms with Gasteiger partial charge in [-0.2, -0.15) is 0 Å². The summed E-state index contributed by atoms with van der Waals surface area (Å²) in [6, 6.07) is 42.2. The number of nitrogens with zero attached hydrogens (tertiary/aromatic N) is 5. The molecule has 0 unspecified atom stereocenters. The van der Waals surface area contributed by atoms with Gasteiger partial charge in [-0.3, -0.25) is 0 Å². The molecular formula is C39H32N5+. The number of rotatable bonds is 7. The number of fused-ring (bicyclic) bond motifs is 3. The van der Waals surface area contributed by atoms with Gasteiger partial charge in [0.05, 0.1) is 16.0 Å². The maximum Gasteiger partial charge on any atom is 0.305 e. The molecule has 7 rings (SSSR count). The molecule has 0 saturated heterocycles. The second kappa shape index (κ2) is 11.4. The summed E-state index contributed by atoms with van der Waals surface area (Å²) in [6.45, 7) is 5.94. The van der Waals surface area contributed by atoms with E-state index in [4.69, 9.17) is 6.57 Å². The molecule has 0 amide bonds. The normalized spacial score (nSPS) is 12.2. The second-order valence-electron chi connectivity index (χ2n) is 10.9. The predicted molar refractivity (Wildman–Crippen MR) is 186 cm³/mol. The summed E-state index contributed by atoms with van der Waals surface area (Å²) in [5, 5.41) is 4.11. The summed E-state index contributed by atoms with van der Waals surface area (Å²) in [4.78, 5) is 8.55. The van der Waals surface area contributed by atoms with Crippen molar-refractivity contribution in [1.29, 1.82) is 0 Å². The van der Waals surface area contributed by atoms with Gasteiger partial charge in [-0.1, -0.05) is 48.5 Å². The highest BCUT2D eigenvalue weighted by Gasteiger charge is 2.21. The molecule has 0 saturated carbocycles. The van der Waals surface area contributed by atoms with Crippen LogP contribution in [0.3, 0.4) is 0 Å². The quantitative estimate of drug-likeness (QED) is 0.141. The molecule has 0 radical (unpaired) electrons. The monoisotopic (exact) mass is 570 g/mol. The number of benzene rings is 5. The molecule has 1 heterocycles. The molecule has 0 bridgehead atoms. The van der Waals surface area contributed by atoms with Crippen LogP contribution in [0, 0.1) is 6.57 Å². The molecule has 0 atom stereocenters.